The normalized spacial score (nSPS) is 11.9. The van der Waals surface area contributed by atoms with Crippen LogP contribution < -0.4 is 0 Å². The first-order valence-electron chi connectivity index (χ1n) is 5.09. The molecule has 0 aliphatic carbocycles. The molecule has 0 saturated carbocycles. The molecule has 0 saturated heterocycles. The number of ketones is 1. The first kappa shape index (κ1) is 13.3. The van der Waals surface area contributed by atoms with E-state index in [1.54, 1.807) is 6.92 Å². The zero-order valence-corrected chi connectivity index (χ0v) is 9.60. The van der Waals surface area contributed by atoms with Crippen molar-refractivity contribution in [3.63, 3.8) is 0 Å². The summed E-state index contributed by atoms with van der Waals surface area (Å²) in [5, 5.41) is 0. The second kappa shape index (κ2) is 6.10. The van der Waals surface area contributed by atoms with Crippen molar-refractivity contribution in [2.45, 2.75) is 13.0 Å². The molecule has 0 aromatic heterocycles. The number of rotatable bonds is 5. The van der Waals surface area contributed by atoms with E-state index in [4.69, 9.17) is 4.74 Å². The van der Waals surface area contributed by atoms with E-state index in [1.165, 1.54) is 25.3 Å². The third-order valence-corrected chi connectivity index (χ3v) is 2.08. The maximum absolute atomic E-state index is 12.9. The van der Waals surface area contributed by atoms with Gasteiger partial charge in [0.05, 0.1) is 6.61 Å². The first-order valence-corrected chi connectivity index (χ1v) is 5.09. The highest BCUT2D eigenvalue weighted by Gasteiger charge is 2.28. The van der Waals surface area contributed by atoms with Gasteiger partial charge in [0.25, 0.3) is 0 Å². The molecule has 4 nitrogen and oxygen atoms in total. The smallest absolute Gasteiger partial charge is 0.343 e. The number of methoxy groups -OCH3 is 1. The Balaban J connectivity index is 2.90. The molecule has 1 rings (SSSR count). The molecule has 0 radical (unpaired) electrons. The van der Waals surface area contributed by atoms with Crippen molar-refractivity contribution in [2.75, 3.05) is 13.7 Å². The van der Waals surface area contributed by atoms with Gasteiger partial charge in [-0.2, -0.15) is 0 Å². The number of esters is 1. The van der Waals surface area contributed by atoms with Crippen molar-refractivity contribution in [3.05, 3.63) is 35.6 Å². The molecule has 0 heterocycles. The quantitative estimate of drug-likeness (QED) is 0.445. The van der Waals surface area contributed by atoms with Crippen LogP contribution in [0.25, 0.3) is 0 Å². The van der Waals surface area contributed by atoms with E-state index in [2.05, 4.69) is 4.74 Å². The third-order valence-electron chi connectivity index (χ3n) is 2.08. The van der Waals surface area contributed by atoms with Gasteiger partial charge in [0.15, 0.2) is 0 Å². The van der Waals surface area contributed by atoms with Crippen LogP contribution in [0.5, 0.6) is 0 Å². The van der Waals surface area contributed by atoms with Crippen LogP contribution in [0.2, 0.25) is 0 Å². The van der Waals surface area contributed by atoms with Gasteiger partial charge in [-0.05, 0) is 19.1 Å². The summed E-state index contributed by atoms with van der Waals surface area (Å²) in [4.78, 5) is 23.3. The highest BCUT2D eigenvalue weighted by atomic mass is 19.1. The fourth-order valence-electron chi connectivity index (χ4n) is 1.32. The lowest BCUT2D eigenvalue weighted by Crippen LogP contribution is -2.33. The van der Waals surface area contributed by atoms with E-state index in [0.29, 0.717) is 0 Å². The minimum absolute atomic E-state index is 0.0740. The van der Waals surface area contributed by atoms with Gasteiger partial charge in [0.2, 0.25) is 11.9 Å². The van der Waals surface area contributed by atoms with E-state index in [9.17, 15) is 14.0 Å². The Morgan fingerprint density at radius 3 is 2.65 bits per heavy atom. The average molecular weight is 240 g/mol. The average Bonchev–Trinajstić information content (AvgIpc) is 2.30. The number of ether oxygens (including phenoxy) is 2. The van der Waals surface area contributed by atoms with E-state index in [1.807, 2.05) is 0 Å². The lowest BCUT2D eigenvalue weighted by atomic mass is 10.1. The molecule has 0 bridgehead atoms. The first-order chi connectivity index (χ1) is 8.10. The van der Waals surface area contributed by atoms with Gasteiger partial charge in [-0.25, -0.2) is 9.18 Å². The summed E-state index contributed by atoms with van der Waals surface area (Å²) in [6.07, 6.45) is -1.35. The predicted molar refractivity (Wildman–Crippen MR) is 58.2 cm³/mol. The van der Waals surface area contributed by atoms with Crippen molar-refractivity contribution in [2.24, 2.45) is 0 Å². The van der Waals surface area contributed by atoms with Crippen molar-refractivity contribution in [1.29, 1.82) is 0 Å². The van der Waals surface area contributed by atoms with Crippen LogP contribution in [-0.4, -0.2) is 31.6 Å². The molecule has 17 heavy (non-hydrogen) atoms. The fourth-order valence-corrected chi connectivity index (χ4v) is 1.32. The summed E-state index contributed by atoms with van der Waals surface area (Å²) >= 11 is 0. The van der Waals surface area contributed by atoms with Crippen molar-refractivity contribution >= 4 is 11.8 Å². The summed E-state index contributed by atoms with van der Waals surface area (Å²) in [6.45, 7) is 1.77. The predicted octanol–water partition coefficient (Wildman–Crippen LogP) is 1.59. The Labute approximate surface area is 98.3 Å². The zero-order chi connectivity index (χ0) is 12.8. The van der Waals surface area contributed by atoms with Crippen LogP contribution in [0.15, 0.2) is 24.3 Å². The molecule has 0 aliphatic heterocycles. The SMILES string of the molecule is CCOC(=O)C(OC)C(=O)c1cccc(F)c1. The number of benzene rings is 1. The van der Waals surface area contributed by atoms with E-state index >= 15 is 0 Å². The minimum atomic E-state index is -1.35. The second-order valence-electron chi connectivity index (χ2n) is 3.24. The Morgan fingerprint density at radius 1 is 1.41 bits per heavy atom. The van der Waals surface area contributed by atoms with Crippen LogP contribution in [0.3, 0.4) is 0 Å². The van der Waals surface area contributed by atoms with E-state index in [0.717, 1.165) is 6.07 Å². The second-order valence-corrected chi connectivity index (χ2v) is 3.24. The summed E-state index contributed by atoms with van der Waals surface area (Å²) in [5.74, 6) is -1.94. The topological polar surface area (TPSA) is 52.6 Å². The number of hydrogen-bond acceptors (Lipinski definition) is 4. The highest BCUT2D eigenvalue weighted by Crippen LogP contribution is 2.09. The summed E-state index contributed by atoms with van der Waals surface area (Å²) in [5.41, 5.74) is 0.0740. The van der Waals surface area contributed by atoms with Gasteiger partial charge in [-0.15, -0.1) is 0 Å². The van der Waals surface area contributed by atoms with Crippen LogP contribution in [-0.2, 0) is 14.3 Å². The number of carbonyl (C=O) groups is 2. The molecule has 0 fully saturated rings. The lowest BCUT2D eigenvalue weighted by molar-refractivity contribution is -0.151. The summed E-state index contributed by atoms with van der Waals surface area (Å²) in [7, 11) is 1.22. The highest BCUT2D eigenvalue weighted by molar-refractivity contribution is 6.11. The van der Waals surface area contributed by atoms with Crippen LogP contribution in [0, 0.1) is 5.82 Å². The number of carbonyl (C=O) groups excluding carboxylic acids is 2. The zero-order valence-electron chi connectivity index (χ0n) is 9.60. The maximum atomic E-state index is 12.9. The third kappa shape index (κ3) is 3.35. The molecular formula is C12H13FO4. The van der Waals surface area contributed by atoms with Gasteiger partial charge in [-0.3, -0.25) is 4.79 Å². The molecule has 1 unspecified atom stereocenters. The molecule has 5 heteroatoms. The van der Waals surface area contributed by atoms with Gasteiger partial charge >= 0.3 is 5.97 Å². The minimum Gasteiger partial charge on any atom is -0.464 e. The van der Waals surface area contributed by atoms with Gasteiger partial charge < -0.3 is 9.47 Å². The number of Topliss-reactive ketones (excluding diaryl/α,β-unsaturated/α-hetero) is 1. The van der Waals surface area contributed by atoms with Crippen molar-refractivity contribution in [1.82, 2.24) is 0 Å². The molecule has 1 aromatic carbocycles. The Morgan fingerprint density at radius 2 is 2.12 bits per heavy atom. The van der Waals surface area contributed by atoms with Crippen molar-refractivity contribution < 1.29 is 23.5 Å². The van der Waals surface area contributed by atoms with Crippen LogP contribution >= 0.6 is 0 Å². The summed E-state index contributed by atoms with van der Waals surface area (Å²) < 4.78 is 22.4. The van der Waals surface area contributed by atoms with Crippen LogP contribution in [0.1, 0.15) is 17.3 Å². The van der Waals surface area contributed by atoms with E-state index in [-0.39, 0.29) is 12.2 Å². The standard InChI is InChI=1S/C12H13FO4/c1-3-17-12(15)11(16-2)10(14)8-5-4-6-9(13)7-8/h4-7,11H,3H2,1-2H3. The van der Waals surface area contributed by atoms with Crippen molar-refractivity contribution in [3.8, 4) is 0 Å². The molecule has 0 N–H and O–H groups in total. The monoisotopic (exact) mass is 240 g/mol. The Bertz CT molecular complexity index is 417. The summed E-state index contributed by atoms with van der Waals surface area (Å²) in [6, 6.07) is 5.06. The number of halogens is 1. The molecular weight excluding hydrogens is 227 g/mol. The fraction of sp³-hybridized carbons (Fsp3) is 0.333. The largest absolute Gasteiger partial charge is 0.464 e. The maximum Gasteiger partial charge on any atom is 0.343 e. The van der Waals surface area contributed by atoms with Crippen LogP contribution in [0.4, 0.5) is 4.39 Å². The van der Waals surface area contributed by atoms with Gasteiger partial charge in [-0.1, -0.05) is 12.1 Å². The molecule has 0 amide bonds. The Hall–Kier alpha value is -1.75. The molecule has 0 aliphatic rings. The van der Waals surface area contributed by atoms with E-state index < -0.39 is 23.7 Å². The number of hydrogen-bond donors (Lipinski definition) is 0. The molecule has 1 atom stereocenters. The van der Waals surface area contributed by atoms with Gasteiger partial charge in [0, 0.05) is 12.7 Å². The molecule has 0 spiro atoms. The Kier molecular flexibility index (Phi) is 4.78. The lowest BCUT2D eigenvalue weighted by Gasteiger charge is -2.12. The van der Waals surface area contributed by atoms with Gasteiger partial charge in [0.1, 0.15) is 5.82 Å². The molecule has 92 valence electrons. The molecule has 1 aromatic rings.